The Balaban J connectivity index is 4.34. The summed E-state index contributed by atoms with van der Waals surface area (Å²) in [5, 5.41) is 0. The third kappa shape index (κ3) is 13.3. The molecule has 0 unspecified atom stereocenters. The van der Waals surface area contributed by atoms with Gasteiger partial charge in [0.15, 0.2) is 0 Å². The largest absolute Gasteiger partial charge is 0.462 e. The molecule has 0 aliphatic heterocycles. The maximum Gasteiger partial charge on any atom is 0.330 e. The number of unbranched alkanes of at least 4 members (excludes halogenated alkanes) is 1. The van der Waals surface area contributed by atoms with Crippen molar-refractivity contribution in [2.24, 2.45) is 5.73 Å². The third-order valence-corrected chi connectivity index (χ3v) is 3.18. The van der Waals surface area contributed by atoms with Crippen LogP contribution >= 0.6 is 0 Å². The number of hydrogen-bond donors (Lipinski definition) is 2. The Hall–Kier alpha value is -2.39. The van der Waals surface area contributed by atoms with Gasteiger partial charge in [0.1, 0.15) is 12.4 Å². The van der Waals surface area contributed by atoms with E-state index in [2.05, 4.69) is 11.3 Å². The van der Waals surface area contributed by atoms with Gasteiger partial charge in [-0.1, -0.05) is 18.7 Å². The Labute approximate surface area is 141 Å². The van der Waals surface area contributed by atoms with Crippen LogP contribution in [0.5, 0.6) is 0 Å². The maximum absolute atomic E-state index is 11.6. The number of nitrogens with two attached hydrogens (primary N) is 1. The summed E-state index contributed by atoms with van der Waals surface area (Å²) in [4.78, 5) is 22.4. The van der Waals surface area contributed by atoms with Crippen molar-refractivity contribution in [2.45, 2.75) is 19.3 Å². The minimum atomic E-state index is -3.96. The molecule has 0 saturated heterocycles. The average Bonchev–Trinajstić information content (AvgIpc) is 2.49. The topological polar surface area (TPSA) is 133 Å². The minimum Gasteiger partial charge on any atom is -0.462 e. The smallest absolute Gasteiger partial charge is 0.330 e. The number of rotatable bonds is 11. The van der Waals surface area contributed by atoms with Crippen LogP contribution in [0.25, 0.3) is 0 Å². The number of hydrogen-bond acceptors (Lipinski definition) is 7. The van der Waals surface area contributed by atoms with Gasteiger partial charge in [-0.25, -0.2) is 4.79 Å². The van der Waals surface area contributed by atoms with E-state index >= 15 is 0 Å². The van der Waals surface area contributed by atoms with Crippen LogP contribution in [-0.4, -0.2) is 37.3 Å². The Kier molecular flexibility index (Phi) is 10.9. The fourth-order valence-electron chi connectivity index (χ4n) is 1.34. The number of carbonyl (C=O) groups is 2. The van der Waals surface area contributed by atoms with E-state index in [9.17, 15) is 18.0 Å². The standard InChI is InChI=1S/C15H21NO7S/c1-2-14(17)22-11-9-15(18)23-13(8-10-16)7-5-3-4-6-12-24(19,20)21/h2-3,5,7-8,10H,1,4,6,9,11-12,16H2,(H,19,20,21)/b5-3+,10-8-,13-7+. The Bertz CT molecular complexity index is 618. The van der Waals surface area contributed by atoms with Gasteiger partial charge in [0.25, 0.3) is 10.1 Å². The molecule has 0 saturated carbocycles. The lowest BCUT2D eigenvalue weighted by atomic mass is 10.3. The van der Waals surface area contributed by atoms with Crippen molar-refractivity contribution in [1.29, 1.82) is 0 Å². The fraction of sp³-hybridized carbons (Fsp3) is 0.333. The Morgan fingerprint density at radius 3 is 2.58 bits per heavy atom. The van der Waals surface area contributed by atoms with Gasteiger partial charge in [0.05, 0.1) is 12.2 Å². The lowest BCUT2D eigenvalue weighted by molar-refractivity contribution is -0.143. The molecule has 0 aromatic carbocycles. The molecular formula is C15H21NO7S. The summed E-state index contributed by atoms with van der Waals surface area (Å²) < 4.78 is 39.3. The summed E-state index contributed by atoms with van der Waals surface area (Å²) >= 11 is 0. The number of carbonyl (C=O) groups excluding carboxylic acids is 2. The molecule has 0 radical (unpaired) electrons. The van der Waals surface area contributed by atoms with Gasteiger partial charge in [0.2, 0.25) is 0 Å². The van der Waals surface area contributed by atoms with Gasteiger partial charge in [-0.2, -0.15) is 8.42 Å². The molecule has 0 atom stereocenters. The van der Waals surface area contributed by atoms with Crippen molar-refractivity contribution < 1.29 is 32.0 Å². The number of allylic oxidation sites excluding steroid dienone is 4. The summed E-state index contributed by atoms with van der Waals surface area (Å²) in [6.07, 6.45) is 8.75. The van der Waals surface area contributed by atoms with Crippen molar-refractivity contribution in [3.05, 3.63) is 48.9 Å². The van der Waals surface area contributed by atoms with Gasteiger partial charge < -0.3 is 15.2 Å². The van der Waals surface area contributed by atoms with E-state index in [4.69, 9.17) is 15.0 Å². The first-order valence-electron chi connectivity index (χ1n) is 6.98. The van der Waals surface area contributed by atoms with E-state index < -0.39 is 22.1 Å². The van der Waals surface area contributed by atoms with Crippen LogP contribution in [0.1, 0.15) is 19.3 Å². The molecule has 0 heterocycles. The molecule has 0 spiro atoms. The number of ether oxygens (including phenoxy) is 2. The predicted octanol–water partition coefficient (Wildman–Crippen LogP) is 1.23. The quantitative estimate of drug-likeness (QED) is 0.140. The van der Waals surface area contributed by atoms with E-state index in [1.807, 2.05) is 0 Å². The zero-order valence-electron chi connectivity index (χ0n) is 13.1. The first-order valence-corrected chi connectivity index (χ1v) is 8.59. The third-order valence-electron chi connectivity index (χ3n) is 2.38. The average molecular weight is 359 g/mol. The van der Waals surface area contributed by atoms with Crippen LogP contribution in [0.15, 0.2) is 48.9 Å². The molecule has 24 heavy (non-hydrogen) atoms. The van der Waals surface area contributed by atoms with Crippen molar-refractivity contribution in [3.63, 3.8) is 0 Å². The van der Waals surface area contributed by atoms with Crippen molar-refractivity contribution in [1.82, 2.24) is 0 Å². The lowest BCUT2D eigenvalue weighted by Crippen LogP contribution is -2.10. The van der Waals surface area contributed by atoms with Crippen LogP contribution in [0, 0.1) is 0 Å². The summed E-state index contributed by atoms with van der Waals surface area (Å²) in [6, 6.07) is 0. The predicted molar refractivity (Wildman–Crippen MR) is 88.1 cm³/mol. The van der Waals surface area contributed by atoms with Gasteiger partial charge in [0, 0.05) is 6.08 Å². The molecule has 3 N–H and O–H groups in total. The van der Waals surface area contributed by atoms with Gasteiger partial charge in [-0.05, 0) is 31.2 Å². The van der Waals surface area contributed by atoms with Crippen molar-refractivity contribution >= 4 is 22.1 Å². The molecule has 0 aromatic rings. The van der Waals surface area contributed by atoms with Crippen molar-refractivity contribution in [2.75, 3.05) is 12.4 Å². The first kappa shape index (κ1) is 21.6. The Morgan fingerprint density at radius 1 is 1.29 bits per heavy atom. The van der Waals surface area contributed by atoms with Crippen LogP contribution < -0.4 is 5.73 Å². The highest BCUT2D eigenvalue weighted by Gasteiger charge is 2.06. The summed E-state index contributed by atoms with van der Waals surface area (Å²) in [6.45, 7) is 3.09. The van der Waals surface area contributed by atoms with Crippen LogP contribution in [0.4, 0.5) is 0 Å². The van der Waals surface area contributed by atoms with Crippen LogP contribution in [0.3, 0.4) is 0 Å². The normalized spacial score (nSPS) is 12.5. The molecule has 0 amide bonds. The van der Waals surface area contributed by atoms with E-state index in [-0.39, 0.29) is 31.0 Å². The summed E-state index contributed by atoms with van der Waals surface area (Å²) in [5.41, 5.74) is 5.25. The zero-order valence-corrected chi connectivity index (χ0v) is 13.9. The van der Waals surface area contributed by atoms with E-state index in [0.717, 1.165) is 6.08 Å². The van der Waals surface area contributed by atoms with Crippen LogP contribution in [-0.2, 0) is 29.2 Å². The van der Waals surface area contributed by atoms with E-state index in [1.165, 1.54) is 18.4 Å². The van der Waals surface area contributed by atoms with Crippen molar-refractivity contribution in [3.8, 4) is 0 Å². The molecule has 0 aliphatic rings. The molecular weight excluding hydrogens is 338 g/mol. The van der Waals surface area contributed by atoms with Gasteiger partial charge >= 0.3 is 11.9 Å². The highest BCUT2D eigenvalue weighted by atomic mass is 32.2. The summed E-state index contributed by atoms with van der Waals surface area (Å²) in [5.74, 6) is -1.40. The molecule has 0 aliphatic carbocycles. The molecule has 9 heteroatoms. The Morgan fingerprint density at radius 2 is 2.00 bits per heavy atom. The molecule has 134 valence electrons. The maximum atomic E-state index is 11.6. The zero-order chi connectivity index (χ0) is 18.4. The lowest BCUT2D eigenvalue weighted by Gasteiger charge is -2.04. The molecule has 0 rings (SSSR count). The molecule has 0 bridgehead atoms. The second-order valence-corrected chi connectivity index (χ2v) is 5.95. The second-order valence-electron chi connectivity index (χ2n) is 4.38. The highest BCUT2D eigenvalue weighted by molar-refractivity contribution is 7.85. The fourth-order valence-corrected chi connectivity index (χ4v) is 1.87. The highest BCUT2D eigenvalue weighted by Crippen LogP contribution is 2.04. The first-order chi connectivity index (χ1) is 11.3. The van der Waals surface area contributed by atoms with Gasteiger partial charge in [-0.3, -0.25) is 9.35 Å². The van der Waals surface area contributed by atoms with Gasteiger partial charge in [-0.15, -0.1) is 0 Å². The molecule has 0 aromatic heterocycles. The number of esters is 2. The van der Waals surface area contributed by atoms with E-state index in [1.54, 1.807) is 12.2 Å². The monoisotopic (exact) mass is 359 g/mol. The minimum absolute atomic E-state index is 0.130. The molecule has 0 fully saturated rings. The summed E-state index contributed by atoms with van der Waals surface area (Å²) in [7, 11) is -3.96. The second kappa shape index (κ2) is 12.1. The van der Waals surface area contributed by atoms with Crippen LogP contribution in [0.2, 0.25) is 0 Å². The van der Waals surface area contributed by atoms with E-state index in [0.29, 0.717) is 6.42 Å². The SMILES string of the molecule is C=CC(=O)OCCC(=O)OC(/C=C\N)=C/C=C/CCCS(=O)(=O)O. The molecule has 8 nitrogen and oxygen atoms in total.